The van der Waals surface area contributed by atoms with Gasteiger partial charge in [-0.3, -0.25) is 9.55 Å². The Kier molecular flexibility index (Phi) is 4.86. The lowest BCUT2D eigenvalue weighted by Crippen LogP contribution is -2.43. The van der Waals surface area contributed by atoms with E-state index in [1.54, 1.807) is 6.20 Å². The number of aromatic nitrogens is 5. The first-order valence-corrected chi connectivity index (χ1v) is 8.69. The number of imidazole rings is 1. The van der Waals surface area contributed by atoms with E-state index in [0.29, 0.717) is 29.9 Å². The van der Waals surface area contributed by atoms with Crippen molar-refractivity contribution in [3.05, 3.63) is 42.7 Å². The molecular weight excluding hydrogens is 366 g/mol. The monoisotopic (exact) mass is 385 g/mol. The molecule has 0 unspecified atom stereocenters. The summed E-state index contributed by atoms with van der Waals surface area (Å²) < 4.78 is 6.90. The number of aliphatic hydroxyl groups is 1. The van der Waals surface area contributed by atoms with Crippen molar-refractivity contribution in [1.29, 1.82) is 0 Å². The van der Waals surface area contributed by atoms with Crippen molar-refractivity contribution in [1.82, 2.24) is 24.5 Å². The van der Waals surface area contributed by atoms with Gasteiger partial charge in [-0.1, -0.05) is 6.07 Å². The summed E-state index contributed by atoms with van der Waals surface area (Å²) >= 11 is 0. The summed E-state index contributed by atoms with van der Waals surface area (Å²) in [5.41, 5.74) is 7.60. The molecule has 3 aromatic heterocycles. The minimum atomic E-state index is -1.31. The number of nitrogens with one attached hydrogen (secondary N) is 1. The molecule has 1 saturated heterocycles. The molecule has 0 saturated carbocycles. The minimum absolute atomic E-state index is 0.401. The maximum absolute atomic E-state index is 11.2. The van der Waals surface area contributed by atoms with Gasteiger partial charge in [0.1, 0.15) is 12.4 Å². The van der Waals surface area contributed by atoms with Gasteiger partial charge in [0.25, 0.3) is 0 Å². The molecular formula is C17H19N7O4. The van der Waals surface area contributed by atoms with Crippen molar-refractivity contribution in [2.45, 2.75) is 30.9 Å². The standard InChI is InChI=1S/C17H19N7O4/c18-10-12(25)16(28-13(10)17(26)27)24-8-23-11-14(21-7-22-15(11)24)20-6-4-9-3-1-2-5-19-9/h1-3,5,7-8,10,12-13,16,25H,4,6,18H2,(H,26,27)(H,20,21,22)/t10-,12+,13-,16+/m0/s1. The Morgan fingerprint density at radius 2 is 2.14 bits per heavy atom. The number of ether oxygens (including phenoxy) is 1. The Morgan fingerprint density at radius 1 is 1.29 bits per heavy atom. The molecule has 0 radical (unpaired) electrons. The Bertz CT molecular complexity index is 980. The summed E-state index contributed by atoms with van der Waals surface area (Å²) in [6, 6.07) is 4.66. The zero-order valence-corrected chi connectivity index (χ0v) is 14.7. The molecule has 0 amide bonds. The third-order valence-electron chi connectivity index (χ3n) is 4.60. The number of anilines is 1. The van der Waals surface area contributed by atoms with Crippen molar-refractivity contribution >= 4 is 23.0 Å². The van der Waals surface area contributed by atoms with E-state index in [-0.39, 0.29) is 0 Å². The topological polar surface area (TPSA) is 161 Å². The molecule has 1 fully saturated rings. The summed E-state index contributed by atoms with van der Waals surface area (Å²) in [5.74, 6) is -0.712. The zero-order chi connectivity index (χ0) is 19.7. The molecule has 28 heavy (non-hydrogen) atoms. The fraction of sp³-hybridized carbons (Fsp3) is 0.353. The average Bonchev–Trinajstić information content (AvgIpc) is 3.25. The summed E-state index contributed by atoms with van der Waals surface area (Å²) in [5, 5.41) is 22.7. The van der Waals surface area contributed by atoms with E-state index in [2.05, 4.69) is 25.3 Å². The number of hydrogen-bond donors (Lipinski definition) is 4. The number of pyridine rings is 1. The number of fused-ring (bicyclic) bond motifs is 1. The van der Waals surface area contributed by atoms with Crippen LogP contribution in [-0.4, -0.2) is 65.5 Å². The SMILES string of the molecule is N[C@H]1[C@@H](O)[C@H](n2cnc3c(NCCc4ccccn4)ncnc32)O[C@@H]1C(=O)O. The number of hydrogen-bond acceptors (Lipinski definition) is 9. The first kappa shape index (κ1) is 18.2. The second kappa shape index (κ2) is 7.46. The zero-order valence-electron chi connectivity index (χ0n) is 14.7. The second-order valence-electron chi connectivity index (χ2n) is 6.40. The van der Waals surface area contributed by atoms with E-state index in [4.69, 9.17) is 10.5 Å². The number of carboxylic acids is 1. The summed E-state index contributed by atoms with van der Waals surface area (Å²) in [7, 11) is 0. The lowest BCUT2D eigenvalue weighted by atomic mass is 10.1. The first-order chi connectivity index (χ1) is 13.6. The van der Waals surface area contributed by atoms with Crippen LogP contribution in [0.5, 0.6) is 0 Å². The van der Waals surface area contributed by atoms with E-state index in [0.717, 1.165) is 5.69 Å². The van der Waals surface area contributed by atoms with Gasteiger partial charge in [-0.05, 0) is 12.1 Å². The van der Waals surface area contributed by atoms with Gasteiger partial charge in [-0.25, -0.2) is 19.7 Å². The van der Waals surface area contributed by atoms with Gasteiger partial charge < -0.3 is 26.0 Å². The highest BCUT2D eigenvalue weighted by molar-refractivity contribution is 5.82. The van der Waals surface area contributed by atoms with Gasteiger partial charge in [0.2, 0.25) is 0 Å². The van der Waals surface area contributed by atoms with Gasteiger partial charge >= 0.3 is 5.97 Å². The highest BCUT2D eigenvalue weighted by Crippen LogP contribution is 2.31. The average molecular weight is 385 g/mol. The maximum atomic E-state index is 11.2. The highest BCUT2D eigenvalue weighted by atomic mass is 16.6. The van der Waals surface area contributed by atoms with Crippen LogP contribution in [0.25, 0.3) is 11.2 Å². The molecule has 0 spiro atoms. The van der Waals surface area contributed by atoms with E-state index in [1.165, 1.54) is 17.2 Å². The van der Waals surface area contributed by atoms with Gasteiger partial charge in [0.05, 0.1) is 12.4 Å². The van der Waals surface area contributed by atoms with Gasteiger partial charge in [0.15, 0.2) is 29.3 Å². The maximum Gasteiger partial charge on any atom is 0.334 e. The molecule has 4 rings (SSSR count). The van der Waals surface area contributed by atoms with Crippen LogP contribution < -0.4 is 11.1 Å². The van der Waals surface area contributed by atoms with Crippen molar-refractivity contribution in [3.8, 4) is 0 Å². The number of aliphatic hydroxyl groups excluding tert-OH is 1. The van der Waals surface area contributed by atoms with Crippen molar-refractivity contribution in [3.63, 3.8) is 0 Å². The molecule has 146 valence electrons. The fourth-order valence-corrected chi connectivity index (χ4v) is 3.17. The lowest BCUT2D eigenvalue weighted by Gasteiger charge is -2.16. The number of carboxylic acid groups (broad SMARTS) is 1. The summed E-state index contributed by atoms with van der Waals surface area (Å²) in [6.07, 6.45) is 1.70. The summed E-state index contributed by atoms with van der Waals surface area (Å²) in [6.45, 7) is 0.588. The number of nitrogens with zero attached hydrogens (tertiary/aromatic N) is 5. The smallest absolute Gasteiger partial charge is 0.334 e. The predicted molar refractivity (Wildman–Crippen MR) is 97.3 cm³/mol. The molecule has 0 aliphatic carbocycles. The van der Waals surface area contributed by atoms with Crippen LogP contribution in [0.15, 0.2) is 37.1 Å². The van der Waals surface area contributed by atoms with Crippen LogP contribution in [0.3, 0.4) is 0 Å². The Morgan fingerprint density at radius 3 is 2.86 bits per heavy atom. The fourth-order valence-electron chi connectivity index (χ4n) is 3.17. The highest BCUT2D eigenvalue weighted by Gasteiger charge is 2.46. The molecule has 4 atom stereocenters. The van der Waals surface area contributed by atoms with Crippen molar-refractivity contribution < 1.29 is 19.7 Å². The molecule has 0 aromatic carbocycles. The lowest BCUT2D eigenvalue weighted by molar-refractivity contribution is -0.152. The van der Waals surface area contributed by atoms with Crippen molar-refractivity contribution in [2.75, 3.05) is 11.9 Å². The van der Waals surface area contributed by atoms with Crippen LogP contribution in [-0.2, 0) is 16.0 Å². The molecule has 3 aromatic rings. The van der Waals surface area contributed by atoms with E-state index in [9.17, 15) is 15.0 Å². The van der Waals surface area contributed by atoms with Crippen LogP contribution in [0.4, 0.5) is 5.82 Å². The van der Waals surface area contributed by atoms with Gasteiger partial charge in [-0.15, -0.1) is 0 Å². The van der Waals surface area contributed by atoms with Crippen LogP contribution >= 0.6 is 0 Å². The van der Waals surface area contributed by atoms with Crippen LogP contribution in [0, 0.1) is 0 Å². The number of nitrogens with two attached hydrogens (primary N) is 1. The normalized spacial score (nSPS) is 24.5. The molecule has 1 aliphatic heterocycles. The second-order valence-corrected chi connectivity index (χ2v) is 6.40. The Balaban J connectivity index is 1.54. The molecule has 4 heterocycles. The number of rotatable bonds is 6. The quantitative estimate of drug-likeness (QED) is 0.437. The molecule has 0 bridgehead atoms. The molecule has 11 nitrogen and oxygen atoms in total. The third kappa shape index (κ3) is 3.26. The summed E-state index contributed by atoms with van der Waals surface area (Å²) in [4.78, 5) is 28.2. The van der Waals surface area contributed by atoms with Crippen molar-refractivity contribution in [2.24, 2.45) is 5.73 Å². The van der Waals surface area contributed by atoms with E-state index >= 15 is 0 Å². The van der Waals surface area contributed by atoms with Gasteiger partial charge in [-0.2, -0.15) is 0 Å². The number of carbonyl (C=O) groups is 1. The first-order valence-electron chi connectivity index (χ1n) is 8.69. The Labute approximate surface area is 159 Å². The van der Waals surface area contributed by atoms with Crippen LogP contribution in [0.1, 0.15) is 11.9 Å². The predicted octanol–water partition coefficient (Wildman–Crippen LogP) is -0.454. The molecule has 1 aliphatic rings. The largest absolute Gasteiger partial charge is 0.479 e. The molecule has 11 heteroatoms. The Hall–Kier alpha value is -3.15. The van der Waals surface area contributed by atoms with Gasteiger partial charge in [0, 0.05) is 24.9 Å². The van der Waals surface area contributed by atoms with E-state index in [1.807, 2.05) is 18.2 Å². The molecule has 5 N–H and O–H groups in total. The van der Waals surface area contributed by atoms with Crippen LogP contribution in [0.2, 0.25) is 0 Å². The number of aliphatic carboxylic acids is 1. The minimum Gasteiger partial charge on any atom is -0.479 e. The third-order valence-corrected chi connectivity index (χ3v) is 4.60. The van der Waals surface area contributed by atoms with E-state index < -0.39 is 30.4 Å².